The van der Waals surface area contributed by atoms with Crippen LogP contribution in [0.15, 0.2) is 6.07 Å². The molecule has 0 aromatic heterocycles. The van der Waals surface area contributed by atoms with Gasteiger partial charge in [-0.3, -0.25) is 0 Å². The standard InChI is InChI=1S/C24H34O4/c1-14-6-7-19-22(2,3)20(25)8-9-23(19,4)24(14)11-16-18(26-5)10-15-12-27-13-17(15)21(16)28-24/h10,14,19-20,25H,6-9,11-13H2,1-5H3. The fraction of sp³-hybridized carbons (Fsp3) is 0.750. The number of methoxy groups -OCH3 is 1. The molecule has 5 unspecified atom stereocenters. The number of aliphatic hydroxyl groups excluding tert-OH is 1. The number of fused-ring (bicyclic) bond motifs is 5. The van der Waals surface area contributed by atoms with E-state index in [4.69, 9.17) is 14.2 Å². The van der Waals surface area contributed by atoms with Gasteiger partial charge < -0.3 is 19.3 Å². The van der Waals surface area contributed by atoms with Crippen molar-refractivity contribution in [2.75, 3.05) is 7.11 Å². The Morgan fingerprint density at radius 1 is 1.11 bits per heavy atom. The van der Waals surface area contributed by atoms with Crippen LogP contribution in [0.4, 0.5) is 0 Å². The van der Waals surface area contributed by atoms with E-state index in [-0.39, 0.29) is 22.5 Å². The second-order valence-corrected chi connectivity index (χ2v) is 10.5. The number of ether oxygens (including phenoxy) is 3. The Bertz CT molecular complexity index is 815. The molecule has 28 heavy (non-hydrogen) atoms. The predicted molar refractivity (Wildman–Crippen MR) is 108 cm³/mol. The van der Waals surface area contributed by atoms with Crippen LogP contribution >= 0.6 is 0 Å². The zero-order valence-electron chi connectivity index (χ0n) is 17.9. The average molecular weight is 387 g/mol. The van der Waals surface area contributed by atoms with Crippen molar-refractivity contribution in [2.24, 2.45) is 22.7 Å². The highest BCUT2D eigenvalue weighted by Crippen LogP contribution is 2.67. The van der Waals surface area contributed by atoms with Crippen molar-refractivity contribution >= 4 is 0 Å². The van der Waals surface area contributed by atoms with Crippen molar-refractivity contribution in [3.8, 4) is 11.5 Å². The maximum Gasteiger partial charge on any atom is 0.133 e. The van der Waals surface area contributed by atoms with Crippen LogP contribution < -0.4 is 9.47 Å². The molecular formula is C24H34O4. The zero-order chi connectivity index (χ0) is 19.9. The summed E-state index contributed by atoms with van der Waals surface area (Å²) in [5.41, 5.74) is 3.36. The molecule has 4 nitrogen and oxygen atoms in total. The topological polar surface area (TPSA) is 47.9 Å². The third kappa shape index (κ3) is 2.14. The summed E-state index contributed by atoms with van der Waals surface area (Å²) in [5, 5.41) is 10.8. The Morgan fingerprint density at radius 2 is 1.89 bits per heavy atom. The van der Waals surface area contributed by atoms with Crippen LogP contribution in [0.25, 0.3) is 0 Å². The fourth-order valence-corrected chi connectivity index (χ4v) is 7.32. The van der Waals surface area contributed by atoms with E-state index in [0.29, 0.717) is 25.0 Å². The van der Waals surface area contributed by atoms with Crippen molar-refractivity contribution in [3.05, 3.63) is 22.8 Å². The Labute approximate surface area is 168 Å². The predicted octanol–water partition coefficient (Wildman–Crippen LogP) is 4.63. The normalized spacial score (nSPS) is 40.6. The van der Waals surface area contributed by atoms with Gasteiger partial charge in [-0.2, -0.15) is 0 Å². The number of aliphatic hydroxyl groups is 1. The molecule has 2 saturated carbocycles. The summed E-state index contributed by atoms with van der Waals surface area (Å²) in [5.74, 6) is 2.90. The molecule has 0 radical (unpaired) electrons. The van der Waals surface area contributed by atoms with Gasteiger partial charge >= 0.3 is 0 Å². The van der Waals surface area contributed by atoms with Crippen LogP contribution in [0.3, 0.4) is 0 Å². The molecule has 2 heterocycles. The summed E-state index contributed by atoms with van der Waals surface area (Å²) >= 11 is 0. The van der Waals surface area contributed by atoms with E-state index in [1.807, 2.05) is 0 Å². The first kappa shape index (κ1) is 18.7. The van der Waals surface area contributed by atoms with Crippen molar-refractivity contribution in [1.82, 2.24) is 0 Å². The van der Waals surface area contributed by atoms with Crippen LogP contribution in [0.2, 0.25) is 0 Å². The van der Waals surface area contributed by atoms with E-state index in [9.17, 15) is 5.11 Å². The van der Waals surface area contributed by atoms with Crippen molar-refractivity contribution < 1.29 is 19.3 Å². The van der Waals surface area contributed by atoms with E-state index in [1.54, 1.807) is 7.11 Å². The lowest BCUT2D eigenvalue weighted by Gasteiger charge is -2.64. The van der Waals surface area contributed by atoms with Gasteiger partial charge in [-0.05, 0) is 54.6 Å². The van der Waals surface area contributed by atoms with Gasteiger partial charge in [0.25, 0.3) is 0 Å². The minimum Gasteiger partial charge on any atom is -0.496 e. The van der Waals surface area contributed by atoms with Gasteiger partial charge in [-0.25, -0.2) is 0 Å². The van der Waals surface area contributed by atoms with Gasteiger partial charge in [0.2, 0.25) is 0 Å². The number of rotatable bonds is 1. The molecular weight excluding hydrogens is 352 g/mol. The quantitative estimate of drug-likeness (QED) is 0.764. The summed E-state index contributed by atoms with van der Waals surface area (Å²) in [4.78, 5) is 0. The molecule has 0 saturated heterocycles. The summed E-state index contributed by atoms with van der Waals surface area (Å²) < 4.78 is 18.6. The first-order chi connectivity index (χ1) is 13.2. The molecule has 2 aliphatic heterocycles. The summed E-state index contributed by atoms with van der Waals surface area (Å²) in [6.07, 6.45) is 4.85. The highest BCUT2D eigenvalue weighted by Gasteiger charge is 2.67. The highest BCUT2D eigenvalue weighted by molar-refractivity contribution is 5.58. The minimum absolute atomic E-state index is 0.0315. The van der Waals surface area contributed by atoms with Crippen molar-refractivity contribution in [2.45, 2.75) is 84.7 Å². The summed E-state index contributed by atoms with van der Waals surface area (Å²) in [6, 6.07) is 2.16. The molecule has 1 aromatic rings. The van der Waals surface area contributed by atoms with Gasteiger partial charge in [0.1, 0.15) is 17.1 Å². The lowest BCUT2D eigenvalue weighted by molar-refractivity contribution is -0.210. The maximum absolute atomic E-state index is 10.8. The van der Waals surface area contributed by atoms with E-state index in [0.717, 1.165) is 37.2 Å². The first-order valence-corrected chi connectivity index (χ1v) is 10.9. The molecule has 0 amide bonds. The SMILES string of the molecule is COc1cc2c(c3c1CC1(O3)C(C)CCC3C(C)(C)C(O)CCC31C)COC2. The van der Waals surface area contributed by atoms with Crippen LogP contribution in [-0.2, 0) is 24.4 Å². The number of benzene rings is 1. The molecule has 2 fully saturated rings. The Kier molecular flexibility index (Phi) is 3.94. The average Bonchev–Trinajstić information content (AvgIpc) is 3.27. The van der Waals surface area contributed by atoms with Crippen LogP contribution in [0, 0.1) is 22.7 Å². The van der Waals surface area contributed by atoms with Crippen molar-refractivity contribution in [1.29, 1.82) is 0 Å². The molecule has 2 aliphatic carbocycles. The van der Waals surface area contributed by atoms with Gasteiger partial charge in [0, 0.05) is 23.0 Å². The smallest absolute Gasteiger partial charge is 0.133 e. The van der Waals surface area contributed by atoms with Gasteiger partial charge in [0.15, 0.2) is 0 Å². The van der Waals surface area contributed by atoms with E-state index < -0.39 is 0 Å². The molecule has 4 heteroatoms. The van der Waals surface area contributed by atoms with Crippen LogP contribution in [0.5, 0.6) is 11.5 Å². The molecule has 1 N–H and O–H groups in total. The highest BCUT2D eigenvalue weighted by atomic mass is 16.5. The third-order valence-corrected chi connectivity index (χ3v) is 9.10. The Balaban J connectivity index is 1.65. The Morgan fingerprint density at radius 3 is 2.64 bits per heavy atom. The maximum atomic E-state index is 10.8. The largest absolute Gasteiger partial charge is 0.496 e. The van der Waals surface area contributed by atoms with Gasteiger partial charge in [-0.15, -0.1) is 0 Å². The van der Waals surface area contributed by atoms with E-state index >= 15 is 0 Å². The Hall–Kier alpha value is -1.26. The molecule has 5 atom stereocenters. The third-order valence-electron chi connectivity index (χ3n) is 9.10. The molecule has 0 bridgehead atoms. The van der Waals surface area contributed by atoms with Gasteiger partial charge in [-0.1, -0.05) is 27.7 Å². The van der Waals surface area contributed by atoms with Crippen LogP contribution in [0.1, 0.15) is 70.1 Å². The van der Waals surface area contributed by atoms with E-state index in [1.165, 1.54) is 23.1 Å². The van der Waals surface area contributed by atoms with Gasteiger partial charge in [0.05, 0.1) is 26.4 Å². The summed E-state index contributed by atoms with van der Waals surface area (Å²) in [6.45, 7) is 10.6. The number of hydrogen-bond acceptors (Lipinski definition) is 4. The number of hydrogen-bond donors (Lipinski definition) is 1. The zero-order valence-corrected chi connectivity index (χ0v) is 17.9. The lowest BCUT2D eigenvalue weighted by Crippen LogP contribution is -2.66. The second kappa shape index (κ2) is 5.89. The lowest BCUT2D eigenvalue weighted by atomic mass is 9.43. The molecule has 1 aromatic carbocycles. The molecule has 154 valence electrons. The fourth-order valence-electron chi connectivity index (χ4n) is 7.32. The minimum atomic E-state index is -0.235. The molecule has 5 rings (SSSR count). The molecule has 4 aliphatic rings. The van der Waals surface area contributed by atoms with Crippen LogP contribution in [-0.4, -0.2) is 23.9 Å². The molecule has 1 spiro atoms. The van der Waals surface area contributed by atoms with Crippen molar-refractivity contribution in [3.63, 3.8) is 0 Å². The van der Waals surface area contributed by atoms with E-state index in [2.05, 4.69) is 33.8 Å². The second-order valence-electron chi connectivity index (χ2n) is 10.5. The first-order valence-electron chi connectivity index (χ1n) is 10.9. The summed E-state index contributed by atoms with van der Waals surface area (Å²) in [7, 11) is 1.76. The monoisotopic (exact) mass is 386 g/mol.